The number of esters is 1. The minimum Gasteiger partial charge on any atom is -0.426 e. The molecule has 0 radical (unpaired) electrons. The Bertz CT molecular complexity index is 631. The van der Waals surface area contributed by atoms with Crippen molar-refractivity contribution >= 4 is 5.97 Å². The SMILES string of the molecule is CCCCCC1CCC2C(CCCC2C(=O)Oc2ccc(C#N)cc2)C1. The molecule has 3 heteroatoms. The smallest absolute Gasteiger partial charge is 0.314 e. The van der Waals surface area contributed by atoms with Crippen LogP contribution in [0.2, 0.25) is 0 Å². The molecule has 0 bridgehead atoms. The Hall–Kier alpha value is -1.82. The lowest BCUT2D eigenvalue weighted by atomic mass is 9.62. The number of ether oxygens (including phenoxy) is 1. The van der Waals surface area contributed by atoms with Gasteiger partial charge >= 0.3 is 5.97 Å². The van der Waals surface area contributed by atoms with Crippen molar-refractivity contribution in [3.63, 3.8) is 0 Å². The number of carbonyl (C=O) groups is 1. The fourth-order valence-electron chi connectivity index (χ4n) is 5.09. The summed E-state index contributed by atoms with van der Waals surface area (Å²) in [6, 6.07) is 8.94. The van der Waals surface area contributed by atoms with Gasteiger partial charge in [0.25, 0.3) is 0 Å². The average Bonchev–Trinajstić information content (AvgIpc) is 2.68. The molecule has 4 unspecified atom stereocenters. The summed E-state index contributed by atoms with van der Waals surface area (Å²) < 4.78 is 5.66. The molecular weight excluding hydrogens is 322 g/mol. The number of carbonyl (C=O) groups excluding carboxylic acids is 1. The summed E-state index contributed by atoms with van der Waals surface area (Å²) in [5.41, 5.74) is 0.587. The van der Waals surface area contributed by atoms with E-state index in [1.165, 1.54) is 51.4 Å². The number of nitriles is 1. The van der Waals surface area contributed by atoms with Crippen molar-refractivity contribution in [3.8, 4) is 11.8 Å². The van der Waals surface area contributed by atoms with Crippen LogP contribution in [0.15, 0.2) is 24.3 Å². The Kier molecular flexibility index (Phi) is 6.72. The molecule has 0 spiro atoms. The second-order valence-corrected chi connectivity index (χ2v) is 8.19. The fourth-order valence-corrected chi connectivity index (χ4v) is 5.09. The normalized spacial score (nSPS) is 28.0. The molecule has 1 aromatic rings. The van der Waals surface area contributed by atoms with Crippen LogP contribution in [0, 0.1) is 35.0 Å². The van der Waals surface area contributed by atoms with Gasteiger partial charge in [-0.15, -0.1) is 0 Å². The molecule has 0 N–H and O–H groups in total. The first-order valence-electron chi connectivity index (χ1n) is 10.4. The van der Waals surface area contributed by atoms with E-state index in [1.54, 1.807) is 24.3 Å². The third kappa shape index (κ3) is 4.67. The van der Waals surface area contributed by atoms with Crippen LogP contribution in [0.1, 0.15) is 76.7 Å². The summed E-state index contributed by atoms with van der Waals surface area (Å²) in [6.07, 6.45) is 12.6. The Balaban J connectivity index is 1.56. The van der Waals surface area contributed by atoms with E-state index in [0.717, 1.165) is 18.8 Å². The van der Waals surface area contributed by atoms with Crippen molar-refractivity contribution in [2.45, 2.75) is 71.1 Å². The molecule has 1 aromatic carbocycles. The van der Waals surface area contributed by atoms with E-state index < -0.39 is 0 Å². The van der Waals surface area contributed by atoms with Gasteiger partial charge < -0.3 is 4.74 Å². The lowest BCUT2D eigenvalue weighted by Gasteiger charge is -2.43. The highest BCUT2D eigenvalue weighted by atomic mass is 16.5. The third-order valence-electron chi connectivity index (χ3n) is 6.48. The Labute approximate surface area is 157 Å². The highest BCUT2D eigenvalue weighted by molar-refractivity contribution is 5.75. The van der Waals surface area contributed by atoms with Crippen LogP contribution in [-0.4, -0.2) is 5.97 Å². The number of fused-ring (bicyclic) bond motifs is 1. The minimum absolute atomic E-state index is 0.0565. The second-order valence-electron chi connectivity index (χ2n) is 8.19. The molecule has 0 aromatic heterocycles. The maximum absolute atomic E-state index is 12.8. The van der Waals surface area contributed by atoms with Crippen molar-refractivity contribution in [2.75, 3.05) is 0 Å². The minimum atomic E-state index is -0.0613. The molecule has 26 heavy (non-hydrogen) atoms. The van der Waals surface area contributed by atoms with Crippen LogP contribution < -0.4 is 4.74 Å². The standard InChI is InChI=1S/C23H31NO2/c1-2-3-4-6-17-11-14-21-19(15-17)7-5-8-22(21)23(25)26-20-12-9-18(16-24)10-13-20/h9-10,12-13,17,19,21-22H,2-8,11,14-15H2,1H3. The highest BCUT2D eigenvalue weighted by Crippen LogP contribution is 2.47. The number of hydrogen-bond acceptors (Lipinski definition) is 3. The van der Waals surface area contributed by atoms with Crippen LogP contribution in [-0.2, 0) is 4.79 Å². The van der Waals surface area contributed by atoms with Gasteiger partial charge in [0.05, 0.1) is 17.6 Å². The van der Waals surface area contributed by atoms with Crippen molar-refractivity contribution in [1.82, 2.24) is 0 Å². The van der Waals surface area contributed by atoms with Gasteiger partial charge in [-0.2, -0.15) is 5.26 Å². The van der Waals surface area contributed by atoms with Gasteiger partial charge in [0.1, 0.15) is 5.75 Å². The predicted molar refractivity (Wildman–Crippen MR) is 103 cm³/mol. The number of nitrogens with zero attached hydrogens (tertiary/aromatic N) is 1. The van der Waals surface area contributed by atoms with Gasteiger partial charge in [-0.25, -0.2) is 0 Å². The van der Waals surface area contributed by atoms with E-state index in [1.807, 2.05) is 0 Å². The van der Waals surface area contributed by atoms with Crippen LogP contribution in [0.3, 0.4) is 0 Å². The molecule has 2 fully saturated rings. The van der Waals surface area contributed by atoms with E-state index in [9.17, 15) is 4.79 Å². The summed E-state index contributed by atoms with van der Waals surface area (Å²) in [4.78, 5) is 12.8. The number of hydrogen-bond donors (Lipinski definition) is 0. The van der Waals surface area contributed by atoms with E-state index in [0.29, 0.717) is 23.1 Å². The summed E-state index contributed by atoms with van der Waals surface area (Å²) in [6.45, 7) is 2.27. The molecule has 3 nitrogen and oxygen atoms in total. The summed E-state index contributed by atoms with van der Waals surface area (Å²) >= 11 is 0. The Morgan fingerprint density at radius 2 is 1.96 bits per heavy atom. The van der Waals surface area contributed by atoms with Crippen molar-refractivity contribution in [2.24, 2.45) is 23.7 Å². The fraction of sp³-hybridized carbons (Fsp3) is 0.652. The van der Waals surface area contributed by atoms with Crippen molar-refractivity contribution in [1.29, 1.82) is 5.26 Å². The summed E-state index contributed by atoms with van der Waals surface area (Å²) in [5, 5.41) is 8.88. The molecule has 4 atom stereocenters. The molecule has 140 valence electrons. The van der Waals surface area contributed by atoms with Gasteiger partial charge in [0.15, 0.2) is 0 Å². The van der Waals surface area contributed by atoms with Crippen molar-refractivity contribution in [3.05, 3.63) is 29.8 Å². The Morgan fingerprint density at radius 1 is 1.15 bits per heavy atom. The first-order chi connectivity index (χ1) is 12.7. The molecular formula is C23H31NO2. The number of benzene rings is 1. The van der Waals surface area contributed by atoms with Gasteiger partial charge in [-0.05, 0) is 61.3 Å². The van der Waals surface area contributed by atoms with E-state index in [-0.39, 0.29) is 11.9 Å². The van der Waals surface area contributed by atoms with Crippen LogP contribution >= 0.6 is 0 Å². The maximum Gasteiger partial charge on any atom is 0.314 e. The largest absolute Gasteiger partial charge is 0.426 e. The predicted octanol–water partition coefficient (Wildman–Crippen LogP) is 5.88. The zero-order chi connectivity index (χ0) is 18.4. The lowest BCUT2D eigenvalue weighted by Crippen LogP contribution is -2.39. The van der Waals surface area contributed by atoms with Crippen LogP contribution in [0.4, 0.5) is 0 Å². The zero-order valence-corrected chi connectivity index (χ0v) is 16.0. The number of rotatable bonds is 6. The zero-order valence-electron chi connectivity index (χ0n) is 16.0. The van der Waals surface area contributed by atoms with E-state index in [2.05, 4.69) is 13.0 Å². The first kappa shape index (κ1) is 19.0. The van der Waals surface area contributed by atoms with Gasteiger partial charge in [0, 0.05) is 0 Å². The van der Waals surface area contributed by atoms with E-state index in [4.69, 9.17) is 10.00 Å². The molecule has 2 aliphatic carbocycles. The van der Waals surface area contributed by atoms with Gasteiger partial charge in [0.2, 0.25) is 0 Å². The van der Waals surface area contributed by atoms with Crippen molar-refractivity contribution < 1.29 is 9.53 Å². The quantitative estimate of drug-likeness (QED) is 0.365. The van der Waals surface area contributed by atoms with Gasteiger partial charge in [-0.3, -0.25) is 4.79 Å². The van der Waals surface area contributed by atoms with Crippen LogP contribution in [0.25, 0.3) is 0 Å². The lowest BCUT2D eigenvalue weighted by molar-refractivity contribution is -0.144. The summed E-state index contributed by atoms with van der Waals surface area (Å²) in [7, 11) is 0. The summed E-state index contributed by atoms with van der Waals surface area (Å²) in [5.74, 6) is 2.65. The molecule has 3 rings (SSSR count). The second kappa shape index (κ2) is 9.21. The molecule has 2 saturated carbocycles. The first-order valence-corrected chi connectivity index (χ1v) is 10.4. The molecule has 0 heterocycles. The topological polar surface area (TPSA) is 50.1 Å². The van der Waals surface area contributed by atoms with E-state index >= 15 is 0 Å². The Morgan fingerprint density at radius 3 is 2.69 bits per heavy atom. The van der Waals surface area contributed by atoms with Gasteiger partial charge in [-0.1, -0.05) is 51.9 Å². The number of unbranched alkanes of at least 4 members (excludes halogenated alkanes) is 2. The molecule has 0 aliphatic heterocycles. The average molecular weight is 354 g/mol. The maximum atomic E-state index is 12.8. The van der Waals surface area contributed by atoms with Crippen LogP contribution in [0.5, 0.6) is 5.75 Å². The highest BCUT2D eigenvalue weighted by Gasteiger charge is 2.41. The molecule has 0 saturated heterocycles. The molecule has 0 amide bonds. The monoisotopic (exact) mass is 353 g/mol. The third-order valence-corrected chi connectivity index (χ3v) is 6.48. The molecule has 2 aliphatic rings.